The van der Waals surface area contributed by atoms with E-state index in [1.807, 2.05) is 0 Å². The third kappa shape index (κ3) is 3.51. The average molecular weight is 398 g/mol. The third-order valence-electron chi connectivity index (χ3n) is 4.33. The standard InChI is InChI=1S/C19H16F4N2O3/c1-10-24-18-12(4-3-5-13(18)20)14(9-17(26)27)25(10)15-8-11(19(21,22)23)6-7-16(15)28-2/h3-8,14H,9H2,1-2H3,(H,26,27)/p-1/i2D3. The Kier molecular flexibility index (Phi) is 4.06. The Bertz CT molecular complexity index is 1050. The molecule has 0 bridgehead atoms. The predicted octanol–water partition coefficient (Wildman–Crippen LogP) is 3.60. The van der Waals surface area contributed by atoms with Crippen molar-refractivity contribution < 1.29 is 36.3 Å². The maximum absolute atomic E-state index is 14.3. The number of nitrogens with zero attached hydrogens (tertiary/aromatic N) is 2. The van der Waals surface area contributed by atoms with E-state index in [0.29, 0.717) is 12.1 Å². The SMILES string of the molecule is [2H]C([2H])([2H])Oc1ccc(C(F)(F)F)cc1N1C(C)=Nc2c(F)cccc2C1CC(=O)[O-]. The van der Waals surface area contributed by atoms with Crippen LogP contribution in [-0.2, 0) is 11.0 Å². The summed E-state index contributed by atoms with van der Waals surface area (Å²) >= 11 is 0. The molecule has 9 heteroatoms. The Morgan fingerprint density at radius 3 is 2.75 bits per heavy atom. The lowest BCUT2D eigenvalue weighted by molar-refractivity contribution is -0.306. The molecule has 148 valence electrons. The lowest BCUT2D eigenvalue weighted by Crippen LogP contribution is -2.39. The molecule has 0 aromatic heterocycles. The molecule has 0 fully saturated rings. The van der Waals surface area contributed by atoms with Crippen molar-refractivity contribution >= 4 is 23.2 Å². The van der Waals surface area contributed by atoms with E-state index in [4.69, 9.17) is 8.85 Å². The van der Waals surface area contributed by atoms with Gasteiger partial charge in [0.2, 0.25) is 0 Å². The Balaban J connectivity index is 2.26. The van der Waals surface area contributed by atoms with Crippen molar-refractivity contribution in [1.29, 1.82) is 0 Å². The molecule has 0 amide bonds. The van der Waals surface area contributed by atoms with Gasteiger partial charge < -0.3 is 19.5 Å². The summed E-state index contributed by atoms with van der Waals surface area (Å²) in [5, 5.41) is 11.4. The first-order chi connectivity index (χ1) is 14.3. The molecule has 1 atom stereocenters. The van der Waals surface area contributed by atoms with E-state index >= 15 is 0 Å². The highest BCUT2D eigenvalue weighted by atomic mass is 19.4. The van der Waals surface area contributed by atoms with Crippen LogP contribution in [-0.4, -0.2) is 18.8 Å². The van der Waals surface area contributed by atoms with Crippen LogP contribution in [0.1, 0.15) is 34.6 Å². The van der Waals surface area contributed by atoms with E-state index in [9.17, 15) is 27.5 Å². The molecule has 0 radical (unpaired) electrons. The summed E-state index contributed by atoms with van der Waals surface area (Å²) in [4.78, 5) is 16.6. The Morgan fingerprint density at radius 2 is 2.11 bits per heavy atom. The smallest absolute Gasteiger partial charge is 0.416 e. The van der Waals surface area contributed by atoms with Crippen molar-refractivity contribution in [2.75, 3.05) is 11.9 Å². The van der Waals surface area contributed by atoms with Gasteiger partial charge in [0, 0.05) is 18.0 Å². The van der Waals surface area contributed by atoms with Gasteiger partial charge >= 0.3 is 6.18 Å². The number of amidine groups is 1. The molecular weight excluding hydrogens is 380 g/mol. The highest BCUT2D eigenvalue weighted by molar-refractivity contribution is 6.02. The van der Waals surface area contributed by atoms with Crippen molar-refractivity contribution in [1.82, 2.24) is 0 Å². The van der Waals surface area contributed by atoms with Gasteiger partial charge in [-0.3, -0.25) is 0 Å². The van der Waals surface area contributed by atoms with Crippen LogP contribution >= 0.6 is 0 Å². The zero-order chi connectivity index (χ0) is 23.1. The number of aliphatic carboxylic acids is 1. The van der Waals surface area contributed by atoms with Crippen molar-refractivity contribution in [3.05, 3.63) is 53.3 Å². The first-order valence-electron chi connectivity index (χ1n) is 9.51. The zero-order valence-corrected chi connectivity index (χ0v) is 14.4. The second-order valence-electron chi connectivity index (χ2n) is 6.08. The first-order valence-corrected chi connectivity index (χ1v) is 8.01. The van der Waals surface area contributed by atoms with E-state index in [2.05, 4.69) is 4.99 Å². The van der Waals surface area contributed by atoms with Gasteiger partial charge in [-0.15, -0.1) is 0 Å². The van der Waals surface area contributed by atoms with Gasteiger partial charge in [0.1, 0.15) is 23.1 Å². The summed E-state index contributed by atoms with van der Waals surface area (Å²) in [6, 6.07) is 4.67. The van der Waals surface area contributed by atoms with Crippen molar-refractivity contribution in [2.24, 2.45) is 4.99 Å². The maximum atomic E-state index is 14.3. The van der Waals surface area contributed by atoms with Crippen LogP contribution in [0.25, 0.3) is 0 Å². The average Bonchev–Trinajstić information content (AvgIpc) is 2.61. The molecule has 5 nitrogen and oxygen atoms in total. The number of carboxylic acids is 1. The van der Waals surface area contributed by atoms with Crippen molar-refractivity contribution in [3.8, 4) is 5.75 Å². The van der Waals surface area contributed by atoms with Crippen LogP contribution in [0.4, 0.5) is 28.9 Å². The van der Waals surface area contributed by atoms with E-state index in [0.717, 1.165) is 17.0 Å². The minimum absolute atomic E-state index is 0.0569. The van der Waals surface area contributed by atoms with Crippen LogP contribution in [0.15, 0.2) is 41.4 Å². The molecule has 1 unspecified atom stereocenters. The molecule has 0 N–H and O–H groups in total. The molecule has 2 aromatic carbocycles. The molecule has 3 rings (SSSR count). The van der Waals surface area contributed by atoms with Gasteiger partial charge in [0.15, 0.2) is 0 Å². The number of anilines is 1. The first kappa shape index (κ1) is 15.9. The lowest BCUT2D eigenvalue weighted by Gasteiger charge is -2.38. The third-order valence-corrected chi connectivity index (χ3v) is 4.33. The number of methoxy groups -OCH3 is 1. The number of carboxylic acid groups (broad SMARTS) is 1. The summed E-state index contributed by atoms with van der Waals surface area (Å²) in [6.45, 7) is 1.33. The number of rotatable bonds is 4. The molecule has 0 saturated carbocycles. The number of benzene rings is 2. The summed E-state index contributed by atoms with van der Waals surface area (Å²) in [7, 11) is -3.00. The number of halogens is 4. The van der Waals surface area contributed by atoms with Gasteiger partial charge in [-0.2, -0.15) is 13.2 Å². The minimum atomic E-state index is -4.78. The number of ether oxygens (including phenoxy) is 1. The molecule has 0 aliphatic carbocycles. The maximum Gasteiger partial charge on any atom is 0.416 e. The fourth-order valence-corrected chi connectivity index (χ4v) is 3.17. The molecular formula is C19H15F4N2O3-. The summed E-state index contributed by atoms with van der Waals surface area (Å²) < 4.78 is 81.1. The van der Waals surface area contributed by atoms with Crippen LogP contribution in [0, 0.1) is 5.82 Å². The van der Waals surface area contributed by atoms with Gasteiger partial charge in [-0.05, 0) is 31.2 Å². The molecule has 1 aliphatic rings. The number of hydrogen-bond acceptors (Lipinski definition) is 5. The number of alkyl halides is 3. The summed E-state index contributed by atoms with van der Waals surface area (Å²) in [5.74, 6) is -2.81. The van der Waals surface area contributed by atoms with E-state index in [1.165, 1.54) is 19.1 Å². The molecule has 1 aliphatic heterocycles. The Labute approximate surface area is 162 Å². The van der Waals surface area contributed by atoms with E-state index in [-0.39, 0.29) is 22.8 Å². The number of carbonyl (C=O) groups is 1. The molecule has 1 heterocycles. The predicted molar refractivity (Wildman–Crippen MR) is 92.0 cm³/mol. The molecule has 0 spiro atoms. The Morgan fingerprint density at radius 1 is 1.36 bits per heavy atom. The van der Waals surface area contributed by atoms with Crippen LogP contribution < -0.4 is 14.7 Å². The zero-order valence-electron chi connectivity index (χ0n) is 17.4. The van der Waals surface area contributed by atoms with Gasteiger partial charge in [-0.25, -0.2) is 9.38 Å². The fraction of sp³-hybridized carbons (Fsp3) is 0.263. The van der Waals surface area contributed by atoms with Crippen LogP contribution in [0.5, 0.6) is 5.75 Å². The second-order valence-corrected chi connectivity index (χ2v) is 6.08. The summed E-state index contributed by atoms with van der Waals surface area (Å²) in [6.07, 6.45) is -5.51. The van der Waals surface area contributed by atoms with Gasteiger partial charge in [-0.1, -0.05) is 12.1 Å². The van der Waals surface area contributed by atoms with Crippen molar-refractivity contribution in [3.63, 3.8) is 0 Å². The highest BCUT2D eigenvalue weighted by Gasteiger charge is 2.36. The number of carbonyl (C=O) groups excluding carboxylic acids is 1. The fourth-order valence-electron chi connectivity index (χ4n) is 3.17. The number of hydrogen-bond donors (Lipinski definition) is 0. The van der Waals surface area contributed by atoms with E-state index < -0.39 is 48.8 Å². The van der Waals surface area contributed by atoms with Crippen molar-refractivity contribution in [2.45, 2.75) is 25.6 Å². The van der Waals surface area contributed by atoms with Crippen LogP contribution in [0.3, 0.4) is 0 Å². The normalized spacial score (nSPS) is 18.5. The van der Waals surface area contributed by atoms with Gasteiger partial charge in [0.05, 0.1) is 28.4 Å². The molecule has 2 aromatic rings. The number of aliphatic imine (C=N–C) groups is 1. The monoisotopic (exact) mass is 398 g/mol. The largest absolute Gasteiger partial charge is 0.550 e. The molecule has 0 saturated heterocycles. The van der Waals surface area contributed by atoms with E-state index in [1.54, 1.807) is 0 Å². The summed E-state index contributed by atoms with van der Waals surface area (Å²) in [5.41, 5.74) is -1.57. The second kappa shape index (κ2) is 7.14. The minimum Gasteiger partial charge on any atom is -0.550 e. The van der Waals surface area contributed by atoms with Gasteiger partial charge in [0.25, 0.3) is 0 Å². The lowest BCUT2D eigenvalue weighted by atomic mass is 9.96. The quantitative estimate of drug-likeness (QED) is 0.739. The topological polar surface area (TPSA) is 65.0 Å². The number of para-hydroxylation sites is 1. The Hall–Kier alpha value is -3.10. The number of fused-ring (bicyclic) bond motifs is 1. The van der Waals surface area contributed by atoms with Crippen LogP contribution in [0.2, 0.25) is 0 Å². The highest BCUT2D eigenvalue weighted by Crippen LogP contribution is 2.45. The molecule has 28 heavy (non-hydrogen) atoms.